The minimum atomic E-state index is -0.857. The first-order valence-electron chi connectivity index (χ1n) is 11.2. The Kier molecular flexibility index (Phi) is 5.95. The van der Waals surface area contributed by atoms with Gasteiger partial charge < -0.3 is 13.9 Å². The number of nitrogens with zero attached hydrogens (tertiary/aromatic N) is 1. The number of hydrogen-bond donors (Lipinski definition) is 0. The topological polar surface area (TPSA) is 103 Å². The van der Waals surface area contributed by atoms with Crippen LogP contribution in [0.15, 0.2) is 75.9 Å². The molecular weight excluding hydrogens is 462 g/mol. The highest BCUT2D eigenvalue weighted by atomic mass is 16.5. The van der Waals surface area contributed by atoms with Crippen molar-refractivity contribution in [3.63, 3.8) is 0 Å². The van der Waals surface area contributed by atoms with E-state index in [1.54, 1.807) is 42.5 Å². The number of esters is 1. The number of methoxy groups -OCH3 is 1. The average molecular weight is 483 g/mol. The molecule has 0 unspecified atom stereocenters. The lowest BCUT2D eigenvalue weighted by molar-refractivity contribution is 0.0603. The van der Waals surface area contributed by atoms with Crippen LogP contribution in [0.5, 0.6) is 5.75 Å². The zero-order chi connectivity index (χ0) is 25.4. The Balaban J connectivity index is 1.55. The molecule has 8 nitrogen and oxygen atoms in total. The van der Waals surface area contributed by atoms with Crippen LogP contribution in [0.1, 0.15) is 36.6 Å². The molecule has 1 aliphatic rings. The van der Waals surface area contributed by atoms with Crippen molar-refractivity contribution in [1.29, 1.82) is 0 Å². The first-order valence-corrected chi connectivity index (χ1v) is 11.2. The van der Waals surface area contributed by atoms with Gasteiger partial charge in [0.1, 0.15) is 5.58 Å². The van der Waals surface area contributed by atoms with E-state index in [9.17, 15) is 19.2 Å². The Morgan fingerprint density at radius 1 is 0.917 bits per heavy atom. The molecule has 0 saturated heterocycles. The summed E-state index contributed by atoms with van der Waals surface area (Å²) in [6.07, 6.45) is 0. The van der Waals surface area contributed by atoms with Crippen molar-refractivity contribution < 1.29 is 28.3 Å². The number of hydrogen-bond acceptors (Lipinski definition) is 7. The van der Waals surface area contributed by atoms with E-state index in [0.29, 0.717) is 11.1 Å². The van der Waals surface area contributed by atoms with Gasteiger partial charge in [-0.3, -0.25) is 19.3 Å². The van der Waals surface area contributed by atoms with Gasteiger partial charge in [0.05, 0.1) is 35.2 Å². The number of imide groups is 1. The molecule has 1 aromatic heterocycles. The van der Waals surface area contributed by atoms with Gasteiger partial charge in [0, 0.05) is 12.7 Å². The van der Waals surface area contributed by atoms with Gasteiger partial charge in [-0.15, -0.1) is 0 Å². The van der Waals surface area contributed by atoms with Crippen LogP contribution in [-0.2, 0) is 4.74 Å². The van der Waals surface area contributed by atoms with Crippen molar-refractivity contribution in [2.24, 2.45) is 0 Å². The highest BCUT2D eigenvalue weighted by molar-refractivity contribution is 6.22. The van der Waals surface area contributed by atoms with E-state index < -0.39 is 23.2 Å². The quantitative estimate of drug-likeness (QED) is 0.299. The van der Waals surface area contributed by atoms with Crippen molar-refractivity contribution in [2.75, 3.05) is 20.3 Å². The van der Waals surface area contributed by atoms with Gasteiger partial charge in [-0.1, -0.05) is 36.4 Å². The minimum absolute atomic E-state index is 0.0194. The van der Waals surface area contributed by atoms with E-state index >= 15 is 0 Å². The number of ether oxygens (including phenoxy) is 2. The van der Waals surface area contributed by atoms with Gasteiger partial charge in [0.25, 0.3) is 11.8 Å². The number of aryl methyl sites for hydroxylation is 1. The zero-order valence-corrected chi connectivity index (χ0v) is 19.6. The van der Waals surface area contributed by atoms with Crippen LogP contribution in [-0.4, -0.2) is 42.9 Å². The number of fused-ring (bicyclic) bond motifs is 2. The summed E-state index contributed by atoms with van der Waals surface area (Å²) in [4.78, 5) is 52.9. The number of carbonyl (C=O) groups is 3. The summed E-state index contributed by atoms with van der Waals surface area (Å²) in [5.74, 6) is -1.97. The number of carbonyl (C=O) groups excluding carboxylic acids is 3. The Bertz CT molecular complexity index is 1590. The van der Waals surface area contributed by atoms with Crippen molar-refractivity contribution >= 4 is 28.8 Å². The first kappa shape index (κ1) is 23.2. The van der Waals surface area contributed by atoms with Gasteiger partial charge in [0.15, 0.2) is 5.76 Å². The molecule has 4 aromatic rings. The fourth-order valence-corrected chi connectivity index (χ4v) is 4.11. The molecule has 0 spiro atoms. The standard InChI is InChI=1S/C28H21NO7/c1-16-8-10-20-22(14-16)35-24(17-6-4-3-5-7-17)25(23(20)30)36-28(33)18-9-11-19-21(15-18)27(32)29(26(19)31)12-13-34-2/h3-11,14-15H,12-13H2,1-2H3. The molecule has 1 aliphatic heterocycles. The van der Waals surface area contributed by atoms with Crippen LogP contribution >= 0.6 is 0 Å². The average Bonchev–Trinajstić information content (AvgIpc) is 3.13. The lowest BCUT2D eigenvalue weighted by Gasteiger charge is -2.12. The van der Waals surface area contributed by atoms with E-state index in [0.717, 1.165) is 10.5 Å². The second kappa shape index (κ2) is 9.24. The first-order chi connectivity index (χ1) is 17.4. The maximum Gasteiger partial charge on any atom is 0.343 e. The van der Waals surface area contributed by atoms with Crippen LogP contribution in [0, 0.1) is 6.92 Å². The lowest BCUT2D eigenvalue weighted by atomic mass is 10.1. The smallest absolute Gasteiger partial charge is 0.343 e. The maximum absolute atomic E-state index is 13.4. The molecule has 0 fully saturated rings. The van der Waals surface area contributed by atoms with E-state index in [4.69, 9.17) is 13.9 Å². The van der Waals surface area contributed by atoms with Crippen LogP contribution in [0.4, 0.5) is 0 Å². The molecule has 36 heavy (non-hydrogen) atoms. The van der Waals surface area contributed by atoms with E-state index in [-0.39, 0.29) is 46.7 Å². The Hall–Kier alpha value is -4.56. The van der Waals surface area contributed by atoms with Gasteiger partial charge in [-0.25, -0.2) is 4.79 Å². The second-order valence-electron chi connectivity index (χ2n) is 8.36. The van der Waals surface area contributed by atoms with Crippen LogP contribution in [0.3, 0.4) is 0 Å². The third-order valence-corrected chi connectivity index (χ3v) is 5.96. The summed E-state index contributed by atoms with van der Waals surface area (Å²) in [6, 6.07) is 18.1. The zero-order valence-electron chi connectivity index (χ0n) is 19.6. The van der Waals surface area contributed by atoms with Gasteiger partial charge in [-0.2, -0.15) is 0 Å². The molecule has 5 rings (SSSR count). The summed E-state index contributed by atoms with van der Waals surface area (Å²) in [5.41, 5.74) is 1.65. The predicted octanol–water partition coefficient (Wildman–Crippen LogP) is 4.23. The number of rotatable bonds is 6. The monoisotopic (exact) mass is 483 g/mol. The third kappa shape index (κ3) is 3.97. The fraction of sp³-hybridized carbons (Fsp3) is 0.143. The molecule has 0 aliphatic carbocycles. The van der Waals surface area contributed by atoms with Crippen molar-refractivity contribution in [3.05, 3.63) is 99.2 Å². The molecule has 0 atom stereocenters. The highest BCUT2D eigenvalue weighted by Gasteiger charge is 2.36. The molecule has 8 heteroatoms. The van der Waals surface area contributed by atoms with Crippen molar-refractivity contribution in [1.82, 2.24) is 4.90 Å². The summed E-state index contributed by atoms with van der Waals surface area (Å²) in [5, 5.41) is 0.270. The van der Waals surface area contributed by atoms with Crippen LogP contribution < -0.4 is 10.2 Å². The SMILES string of the molecule is COCCN1C(=O)c2ccc(C(=O)Oc3c(-c4ccccc4)oc4cc(C)ccc4c3=O)cc2C1=O. The van der Waals surface area contributed by atoms with Crippen molar-refractivity contribution in [3.8, 4) is 17.1 Å². The fourth-order valence-electron chi connectivity index (χ4n) is 4.11. The second-order valence-corrected chi connectivity index (χ2v) is 8.36. The lowest BCUT2D eigenvalue weighted by Crippen LogP contribution is -2.32. The summed E-state index contributed by atoms with van der Waals surface area (Å²) >= 11 is 0. The maximum atomic E-state index is 13.4. The van der Waals surface area contributed by atoms with Crippen LogP contribution in [0.25, 0.3) is 22.3 Å². The third-order valence-electron chi connectivity index (χ3n) is 5.96. The van der Waals surface area contributed by atoms with Gasteiger partial charge in [-0.05, 0) is 42.8 Å². The molecule has 3 aromatic carbocycles. The molecule has 180 valence electrons. The normalized spacial score (nSPS) is 12.8. The van der Waals surface area contributed by atoms with Gasteiger partial charge in [0.2, 0.25) is 11.2 Å². The van der Waals surface area contributed by atoms with Gasteiger partial charge >= 0.3 is 5.97 Å². The highest BCUT2D eigenvalue weighted by Crippen LogP contribution is 2.32. The molecule has 0 bridgehead atoms. The number of amides is 2. The van der Waals surface area contributed by atoms with E-state index in [2.05, 4.69) is 0 Å². The summed E-state index contributed by atoms with van der Waals surface area (Å²) in [6.45, 7) is 2.17. The molecule has 2 amide bonds. The Labute approximate surface area is 205 Å². The van der Waals surface area contributed by atoms with E-state index in [1.807, 2.05) is 13.0 Å². The van der Waals surface area contributed by atoms with E-state index in [1.165, 1.54) is 25.3 Å². The largest absolute Gasteiger partial charge is 0.452 e. The molecular formula is C28H21NO7. The predicted molar refractivity (Wildman–Crippen MR) is 131 cm³/mol. The Morgan fingerprint density at radius 3 is 2.42 bits per heavy atom. The molecule has 0 N–H and O–H groups in total. The summed E-state index contributed by atoms with van der Waals surface area (Å²) in [7, 11) is 1.47. The van der Waals surface area contributed by atoms with Crippen molar-refractivity contribution in [2.45, 2.75) is 6.92 Å². The summed E-state index contributed by atoms with van der Waals surface area (Å²) < 4.78 is 16.6. The minimum Gasteiger partial charge on any atom is -0.452 e. The Morgan fingerprint density at radius 2 is 1.67 bits per heavy atom. The molecule has 2 heterocycles. The number of benzene rings is 3. The molecule has 0 saturated carbocycles. The molecule has 0 radical (unpaired) electrons. The van der Waals surface area contributed by atoms with Crippen LogP contribution in [0.2, 0.25) is 0 Å².